The number of ether oxygens (including phenoxy) is 2. The highest BCUT2D eigenvalue weighted by atomic mass is 16.5. The van der Waals surface area contributed by atoms with Crippen LogP contribution in [0.2, 0.25) is 0 Å². The Morgan fingerprint density at radius 2 is 1.97 bits per heavy atom. The molecule has 5 rings (SSSR count). The highest BCUT2D eigenvalue weighted by Gasteiger charge is 2.38. The van der Waals surface area contributed by atoms with E-state index in [1.54, 1.807) is 0 Å². The average Bonchev–Trinajstić information content (AvgIpc) is 3.37. The molecule has 2 aliphatic rings. The summed E-state index contributed by atoms with van der Waals surface area (Å²) in [5.41, 5.74) is 8.41. The first-order chi connectivity index (χ1) is 14.2. The highest BCUT2D eigenvalue weighted by Crippen LogP contribution is 2.43. The Morgan fingerprint density at radius 3 is 2.76 bits per heavy atom. The molecule has 4 nitrogen and oxygen atoms in total. The molecule has 0 saturated heterocycles. The Morgan fingerprint density at radius 1 is 1.07 bits per heavy atom. The number of rotatable bonds is 5. The molecule has 1 aromatic heterocycles. The van der Waals surface area contributed by atoms with Gasteiger partial charge in [0.1, 0.15) is 11.4 Å². The molecule has 0 fully saturated rings. The number of aliphatic hydroxyl groups is 1. The van der Waals surface area contributed by atoms with Crippen molar-refractivity contribution in [1.82, 2.24) is 4.98 Å². The van der Waals surface area contributed by atoms with Crippen LogP contribution in [0.15, 0.2) is 30.3 Å². The number of hydrogen-bond acceptors (Lipinski definition) is 3. The van der Waals surface area contributed by atoms with E-state index in [1.807, 2.05) is 0 Å². The van der Waals surface area contributed by atoms with Crippen LogP contribution in [0.4, 0.5) is 0 Å². The molecule has 0 bridgehead atoms. The van der Waals surface area contributed by atoms with Crippen molar-refractivity contribution < 1.29 is 14.6 Å². The number of hydrogen-bond donors (Lipinski definition) is 2. The molecule has 29 heavy (non-hydrogen) atoms. The van der Waals surface area contributed by atoms with Gasteiger partial charge in [-0.25, -0.2) is 0 Å². The van der Waals surface area contributed by atoms with E-state index in [0.29, 0.717) is 13.0 Å². The molecule has 0 spiro atoms. The molecule has 0 radical (unpaired) electrons. The molecule has 1 atom stereocenters. The van der Waals surface area contributed by atoms with Crippen LogP contribution in [0.1, 0.15) is 49.1 Å². The molecule has 0 amide bonds. The zero-order valence-corrected chi connectivity index (χ0v) is 17.3. The second-order valence-corrected chi connectivity index (χ2v) is 8.23. The van der Waals surface area contributed by atoms with Gasteiger partial charge < -0.3 is 19.6 Å². The van der Waals surface area contributed by atoms with Crippen LogP contribution >= 0.6 is 0 Å². The predicted octanol–water partition coefficient (Wildman–Crippen LogP) is 4.89. The molecule has 3 heterocycles. The molecular formula is C25H29NO3. The van der Waals surface area contributed by atoms with E-state index in [9.17, 15) is 5.11 Å². The van der Waals surface area contributed by atoms with Gasteiger partial charge >= 0.3 is 0 Å². The molecule has 2 aliphatic heterocycles. The van der Waals surface area contributed by atoms with Gasteiger partial charge in [0.15, 0.2) is 0 Å². The van der Waals surface area contributed by atoms with Crippen molar-refractivity contribution in [2.75, 3.05) is 19.8 Å². The average molecular weight is 392 g/mol. The maximum atomic E-state index is 9.68. The molecule has 4 heteroatoms. The lowest BCUT2D eigenvalue weighted by atomic mass is 9.86. The van der Waals surface area contributed by atoms with Crippen LogP contribution in [0.3, 0.4) is 0 Å². The monoisotopic (exact) mass is 391 g/mol. The number of nitrogens with one attached hydrogen (secondary N) is 1. The lowest BCUT2D eigenvalue weighted by Gasteiger charge is -2.36. The number of aromatic amines is 1. The first-order valence-electron chi connectivity index (χ1n) is 10.9. The van der Waals surface area contributed by atoms with Crippen molar-refractivity contribution in [3.63, 3.8) is 0 Å². The SMILES string of the molecule is CCc1cc(-c2ccc3c(c2)OCC3)cc2c3c([nH]c12)C(CC)(CCO)OCC3. The Kier molecular flexibility index (Phi) is 4.64. The van der Waals surface area contributed by atoms with E-state index < -0.39 is 5.60 Å². The van der Waals surface area contributed by atoms with Crippen molar-refractivity contribution >= 4 is 10.9 Å². The molecule has 152 valence electrons. The third-order valence-electron chi connectivity index (χ3n) is 6.78. The summed E-state index contributed by atoms with van der Waals surface area (Å²) < 4.78 is 12.0. The number of benzene rings is 2. The maximum absolute atomic E-state index is 9.68. The van der Waals surface area contributed by atoms with Crippen LogP contribution in [0, 0.1) is 0 Å². The van der Waals surface area contributed by atoms with Gasteiger partial charge in [-0.05, 0) is 65.3 Å². The third-order valence-corrected chi connectivity index (χ3v) is 6.78. The second kappa shape index (κ2) is 7.19. The van der Waals surface area contributed by atoms with Gasteiger partial charge in [0, 0.05) is 30.4 Å². The second-order valence-electron chi connectivity index (χ2n) is 8.23. The standard InChI is InChI=1S/C25H29NO3/c1-3-16-13-19(18-6-5-17-7-11-28-22(17)15-18)14-21-20-8-12-29-25(4-2,9-10-27)24(20)26-23(16)21/h5-6,13-15,26-27H,3-4,7-12H2,1-2H3. The predicted molar refractivity (Wildman–Crippen MR) is 116 cm³/mol. The van der Waals surface area contributed by atoms with Gasteiger partial charge in [-0.15, -0.1) is 0 Å². The largest absolute Gasteiger partial charge is 0.493 e. The van der Waals surface area contributed by atoms with Crippen LogP contribution < -0.4 is 4.74 Å². The number of aryl methyl sites for hydroxylation is 1. The molecule has 2 N–H and O–H groups in total. The van der Waals surface area contributed by atoms with Crippen molar-refractivity contribution in [1.29, 1.82) is 0 Å². The fraction of sp³-hybridized carbons (Fsp3) is 0.440. The van der Waals surface area contributed by atoms with E-state index in [-0.39, 0.29) is 6.61 Å². The fourth-order valence-corrected chi connectivity index (χ4v) is 5.12. The van der Waals surface area contributed by atoms with Gasteiger partial charge in [-0.3, -0.25) is 0 Å². The molecule has 1 unspecified atom stereocenters. The minimum absolute atomic E-state index is 0.129. The van der Waals surface area contributed by atoms with Crippen molar-refractivity contribution in [2.24, 2.45) is 0 Å². The Bertz CT molecular complexity index is 1070. The van der Waals surface area contributed by atoms with Crippen molar-refractivity contribution in [3.05, 3.63) is 52.7 Å². The van der Waals surface area contributed by atoms with E-state index in [2.05, 4.69) is 49.2 Å². The topological polar surface area (TPSA) is 54.5 Å². The van der Waals surface area contributed by atoms with E-state index >= 15 is 0 Å². The lowest BCUT2D eigenvalue weighted by Crippen LogP contribution is -2.36. The third kappa shape index (κ3) is 2.89. The summed E-state index contributed by atoms with van der Waals surface area (Å²) in [6.45, 7) is 5.97. The smallest absolute Gasteiger partial charge is 0.123 e. The molecule has 3 aromatic rings. The van der Waals surface area contributed by atoms with Gasteiger partial charge in [-0.1, -0.05) is 26.0 Å². The number of aliphatic hydroxyl groups excluding tert-OH is 1. The molecule has 2 aromatic carbocycles. The Labute approximate surface area is 171 Å². The Balaban J connectivity index is 1.70. The first-order valence-corrected chi connectivity index (χ1v) is 10.9. The molecule has 0 aliphatic carbocycles. The summed E-state index contributed by atoms with van der Waals surface area (Å²) in [5, 5.41) is 11.0. The van der Waals surface area contributed by atoms with Crippen LogP contribution in [-0.4, -0.2) is 29.9 Å². The summed E-state index contributed by atoms with van der Waals surface area (Å²) in [6.07, 6.45) is 4.35. The maximum Gasteiger partial charge on any atom is 0.123 e. The van der Waals surface area contributed by atoms with Crippen molar-refractivity contribution in [2.45, 2.75) is 51.6 Å². The number of H-pyrrole nitrogens is 1. The lowest BCUT2D eigenvalue weighted by molar-refractivity contribution is -0.0795. The fourth-order valence-electron chi connectivity index (χ4n) is 5.12. The first kappa shape index (κ1) is 18.7. The minimum Gasteiger partial charge on any atom is -0.493 e. The summed E-state index contributed by atoms with van der Waals surface area (Å²) in [6, 6.07) is 11.2. The zero-order chi connectivity index (χ0) is 20.0. The minimum atomic E-state index is -0.409. The quantitative estimate of drug-likeness (QED) is 0.651. The zero-order valence-electron chi connectivity index (χ0n) is 17.3. The normalized spacial score (nSPS) is 20.5. The molecular weight excluding hydrogens is 362 g/mol. The van der Waals surface area contributed by atoms with Crippen LogP contribution in [0.5, 0.6) is 5.75 Å². The van der Waals surface area contributed by atoms with Crippen LogP contribution in [-0.2, 0) is 29.6 Å². The van der Waals surface area contributed by atoms with Gasteiger partial charge in [0.05, 0.1) is 18.9 Å². The van der Waals surface area contributed by atoms with Gasteiger partial charge in [-0.2, -0.15) is 0 Å². The summed E-state index contributed by atoms with van der Waals surface area (Å²) in [5.74, 6) is 1.03. The van der Waals surface area contributed by atoms with Crippen molar-refractivity contribution in [3.8, 4) is 16.9 Å². The summed E-state index contributed by atoms with van der Waals surface area (Å²) in [4.78, 5) is 3.72. The summed E-state index contributed by atoms with van der Waals surface area (Å²) in [7, 11) is 0. The van der Waals surface area contributed by atoms with E-state index in [0.717, 1.165) is 38.0 Å². The number of aromatic nitrogens is 1. The highest BCUT2D eigenvalue weighted by molar-refractivity contribution is 5.92. The van der Waals surface area contributed by atoms with Gasteiger partial charge in [0.2, 0.25) is 0 Å². The van der Waals surface area contributed by atoms with Crippen LogP contribution in [0.25, 0.3) is 22.0 Å². The molecule has 0 saturated carbocycles. The Hall–Kier alpha value is -2.30. The van der Waals surface area contributed by atoms with E-state index in [1.165, 1.54) is 44.4 Å². The number of fused-ring (bicyclic) bond motifs is 4. The van der Waals surface area contributed by atoms with E-state index in [4.69, 9.17) is 9.47 Å². The van der Waals surface area contributed by atoms with Gasteiger partial charge in [0.25, 0.3) is 0 Å². The summed E-state index contributed by atoms with van der Waals surface area (Å²) >= 11 is 0.